The van der Waals surface area contributed by atoms with Crippen LogP contribution in [0.4, 0.5) is 0 Å². The van der Waals surface area contributed by atoms with Gasteiger partial charge in [0.25, 0.3) is 5.56 Å². The van der Waals surface area contributed by atoms with E-state index in [4.69, 9.17) is 21.1 Å². The van der Waals surface area contributed by atoms with Crippen LogP contribution >= 0.6 is 35.3 Å². The molecule has 0 radical (unpaired) electrons. The number of ether oxygens (including phenoxy) is 2. The molecule has 0 bridgehead atoms. The van der Waals surface area contributed by atoms with Gasteiger partial charge in [0.05, 0.1) is 19.2 Å². The molecule has 8 nitrogen and oxygen atoms in total. The number of rotatable bonds is 6. The van der Waals surface area contributed by atoms with Crippen molar-refractivity contribution in [3.05, 3.63) is 61.9 Å². The van der Waals surface area contributed by atoms with Crippen molar-refractivity contribution in [2.24, 2.45) is 5.92 Å². The summed E-state index contributed by atoms with van der Waals surface area (Å²) in [7, 11) is 1.71. The Morgan fingerprint density at radius 1 is 1.19 bits per heavy atom. The number of thiophene rings is 1. The first-order valence-electron chi connectivity index (χ1n) is 11.8. The molecule has 0 aliphatic carbocycles. The van der Waals surface area contributed by atoms with Crippen LogP contribution in [0.3, 0.4) is 0 Å². The lowest BCUT2D eigenvalue weighted by Gasteiger charge is -2.29. The summed E-state index contributed by atoms with van der Waals surface area (Å²) in [4.78, 5) is 36.0. The van der Waals surface area contributed by atoms with E-state index in [1.165, 1.54) is 21.5 Å². The van der Waals surface area contributed by atoms with Gasteiger partial charge in [-0.15, -0.1) is 23.7 Å². The molecule has 1 aromatic carbocycles. The number of unbranched alkanes of at least 4 members (excludes halogenated alkanes) is 1. The number of methoxy groups -OCH3 is 1. The van der Waals surface area contributed by atoms with E-state index in [9.17, 15) is 9.59 Å². The van der Waals surface area contributed by atoms with Crippen LogP contribution in [0.1, 0.15) is 24.3 Å². The molecule has 0 unspecified atom stereocenters. The van der Waals surface area contributed by atoms with E-state index in [-0.39, 0.29) is 23.7 Å². The third kappa shape index (κ3) is 4.28. The number of aromatic nitrogens is 3. The lowest BCUT2D eigenvalue weighted by Crippen LogP contribution is -2.34. The van der Waals surface area contributed by atoms with E-state index in [0.717, 1.165) is 56.0 Å². The van der Waals surface area contributed by atoms with Crippen LogP contribution in [-0.2, 0) is 6.54 Å². The van der Waals surface area contributed by atoms with Gasteiger partial charge in [-0.25, -0.2) is 9.78 Å². The zero-order chi connectivity index (χ0) is 24.1. The maximum absolute atomic E-state index is 13.1. The van der Waals surface area contributed by atoms with Gasteiger partial charge in [0, 0.05) is 42.4 Å². The maximum Gasteiger partial charge on any atom is 0.328 e. The predicted molar refractivity (Wildman–Crippen MR) is 145 cm³/mol. The molecular formula is C25H26Cl2N4O4S. The average molecular weight is 549 g/mol. The number of fused-ring (bicyclic) bond motifs is 6. The van der Waals surface area contributed by atoms with Crippen molar-refractivity contribution >= 4 is 55.8 Å². The van der Waals surface area contributed by atoms with Gasteiger partial charge in [-0.3, -0.25) is 9.36 Å². The van der Waals surface area contributed by atoms with E-state index < -0.39 is 0 Å². The first-order chi connectivity index (χ1) is 17.0. The number of hydrogen-bond acceptors (Lipinski definition) is 7. The molecule has 1 fully saturated rings. The number of nitrogens with one attached hydrogen (secondary N) is 1. The van der Waals surface area contributed by atoms with E-state index in [0.29, 0.717) is 38.6 Å². The van der Waals surface area contributed by atoms with Crippen molar-refractivity contribution in [1.82, 2.24) is 19.4 Å². The lowest BCUT2D eigenvalue weighted by atomic mass is 9.86. The van der Waals surface area contributed by atoms with Crippen molar-refractivity contribution in [3.63, 3.8) is 0 Å². The fourth-order valence-electron chi connectivity index (χ4n) is 5.46. The topological polar surface area (TPSA) is 89.5 Å². The van der Waals surface area contributed by atoms with Crippen LogP contribution in [0.2, 0.25) is 5.15 Å². The van der Waals surface area contributed by atoms with Crippen molar-refractivity contribution < 1.29 is 9.47 Å². The SMILES string of the molecule is COc1cccc2c1[C@@H]1CN(CCCCn3c(=O)[nH]c4c(sc5nc(Cl)ccc54)c3=O)C[C@H]1CO2.Cl. The van der Waals surface area contributed by atoms with Crippen LogP contribution in [0.5, 0.6) is 11.5 Å². The monoisotopic (exact) mass is 548 g/mol. The van der Waals surface area contributed by atoms with Crippen molar-refractivity contribution in [1.29, 1.82) is 0 Å². The zero-order valence-corrected chi connectivity index (χ0v) is 22.0. The Labute approximate surface area is 222 Å². The van der Waals surface area contributed by atoms with E-state index in [2.05, 4.69) is 14.9 Å². The summed E-state index contributed by atoms with van der Waals surface area (Å²) < 4.78 is 13.4. The Morgan fingerprint density at radius 2 is 2.03 bits per heavy atom. The molecule has 0 saturated carbocycles. The van der Waals surface area contributed by atoms with Crippen molar-refractivity contribution in [3.8, 4) is 11.5 Å². The number of likely N-dealkylation sites (tertiary alicyclic amines) is 1. The Bertz CT molecular complexity index is 1530. The van der Waals surface area contributed by atoms with E-state index in [1.54, 1.807) is 19.2 Å². The van der Waals surface area contributed by atoms with Crippen LogP contribution in [-0.4, -0.2) is 52.8 Å². The molecule has 11 heteroatoms. The number of H-pyrrole nitrogens is 1. The molecule has 5 heterocycles. The molecule has 3 aromatic heterocycles. The Kier molecular flexibility index (Phi) is 7.00. The minimum absolute atomic E-state index is 0. The van der Waals surface area contributed by atoms with Gasteiger partial charge in [0.1, 0.15) is 26.2 Å². The van der Waals surface area contributed by atoms with Crippen molar-refractivity contribution in [2.45, 2.75) is 25.3 Å². The molecule has 0 spiro atoms. The summed E-state index contributed by atoms with van der Waals surface area (Å²) in [5.41, 5.74) is 1.07. The first-order valence-corrected chi connectivity index (χ1v) is 13.0. The van der Waals surface area contributed by atoms with Gasteiger partial charge in [-0.05, 0) is 43.7 Å². The van der Waals surface area contributed by atoms with Gasteiger partial charge in [0.15, 0.2) is 0 Å². The second-order valence-corrected chi connectivity index (χ2v) is 10.6. The summed E-state index contributed by atoms with van der Waals surface area (Å²) in [6.45, 7) is 3.96. The highest BCUT2D eigenvalue weighted by Gasteiger charge is 2.40. The van der Waals surface area contributed by atoms with E-state index in [1.807, 2.05) is 18.2 Å². The highest BCUT2D eigenvalue weighted by atomic mass is 35.5. The molecular weight excluding hydrogens is 523 g/mol. The Morgan fingerprint density at radius 3 is 2.86 bits per heavy atom. The van der Waals surface area contributed by atoms with Crippen LogP contribution in [0.25, 0.3) is 20.4 Å². The molecule has 2 aliphatic rings. The molecule has 36 heavy (non-hydrogen) atoms. The third-order valence-electron chi connectivity index (χ3n) is 7.13. The molecule has 0 amide bonds. The maximum atomic E-state index is 13.1. The first kappa shape index (κ1) is 25.1. The Hall–Kier alpha value is -2.59. The van der Waals surface area contributed by atoms with Gasteiger partial charge in [0.2, 0.25) is 0 Å². The smallest absolute Gasteiger partial charge is 0.328 e. The Balaban J connectivity index is 0.00000267. The quantitative estimate of drug-likeness (QED) is 0.286. The number of aromatic amines is 1. The van der Waals surface area contributed by atoms with Gasteiger partial charge in [-0.2, -0.15) is 0 Å². The number of pyridine rings is 1. The largest absolute Gasteiger partial charge is 0.496 e. The molecule has 6 rings (SSSR count). The van der Waals surface area contributed by atoms with Crippen molar-refractivity contribution in [2.75, 3.05) is 33.4 Å². The second-order valence-electron chi connectivity index (χ2n) is 9.20. The molecule has 1 saturated heterocycles. The lowest BCUT2D eigenvalue weighted by molar-refractivity contribution is 0.209. The average Bonchev–Trinajstić information content (AvgIpc) is 3.43. The summed E-state index contributed by atoms with van der Waals surface area (Å²) >= 11 is 7.25. The summed E-state index contributed by atoms with van der Waals surface area (Å²) in [6, 6.07) is 9.44. The van der Waals surface area contributed by atoms with Crippen LogP contribution in [0, 0.1) is 5.92 Å². The third-order valence-corrected chi connectivity index (χ3v) is 8.43. The standard InChI is InChI=1S/C25H25ClN4O4S.ClH/c1-33-17-5-4-6-18-20(17)16-12-29(11-14(16)13-34-18)9-2-3-10-30-24(31)22-21(28-25(30)32)15-7-8-19(26)27-23(15)35-22;/h4-8,14,16H,2-3,9-13H2,1H3,(H,28,32);1H/t14-,16+;/m0./s1. The molecule has 4 aromatic rings. The highest BCUT2D eigenvalue weighted by Crippen LogP contribution is 2.46. The number of nitrogens with zero attached hydrogens (tertiary/aromatic N) is 3. The number of benzene rings is 1. The number of halogens is 2. The van der Waals surface area contributed by atoms with Gasteiger partial charge >= 0.3 is 5.69 Å². The minimum atomic E-state index is -0.384. The second kappa shape index (κ2) is 10.0. The summed E-state index contributed by atoms with van der Waals surface area (Å²) in [6.07, 6.45) is 1.64. The number of hydrogen-bond donors (Lipinski definition) is 1. The minimum Gasteiger partial charge on any atom is -0.496 e. The molecule has 1 N–H and O–H groups in total. The summed E-state index contributed by atoms with van der Waals surface area (Å²) in [5.74, 6) is 2.67. The highest BCUT2D eigenvalue weighted by molar-refractivity contribution is 7.25. The van der Waals surface area contributed by atoms with Gasteiger partial charge in [-0.1, -0.05) is 17.7 Å². The van der Waals surface area contributed by atoms with Crippen LogP contribution < -0.4 is 20.7 Å². The van der Waals surface area contributed by atoms with Crippen LogP contribution in [0.15, 0.2) is 39.9 Å². The zero-order valence-electron chi connectivity index (χ0n) is 19.7. The fourth-order valence-corrected chi connectivity index (χ4v) is 6.73. The molecule has 2 atom stereocenters. The fraction of sp³-hybridized carbons (Fsp3) is 0.400. The van der Waals surface area contributed by atoms with Gasteiger partial charge < -0.3 is 19.4 Å². The summed E-state index contributed by atoms with van der Waals surface area (Å²) in [5, 5.41) is 1.11. The predicted octanol–water partition coefficient (Wildman–Crippen LogP) is 4.27. The molecule has 190 valence electrons. The molecule has 2 aliphatic heterocycles. The van der Waals surface area contributed by atoms with E-state index >= 15 is 0 Å². The normalized spacial score (nSPS) is 19.1.